The number of nitrogens with two attached hydrogens (primary N) is 1. The van der Waals surface area contributed by atoms with Crippen molar-refractivity contribution in [3.63, 3.8) is 0 Å². The molecule has 0 unspecified atom stereocenters. The first kappa shape index (κ1) is 17.6. The van der Waals surface area contributed by atoms with Gasteiger partial charge in [0.15, 0.2) is 0 Å². The van der Waals surface area contributed by atoms with Crippen LogP contribution in [-0.2, 0) is 6.42 Å². The molecule has 3 nitrogen and oxygen atoms in total. The van der Waals surface area contributed by atoms with Gasteiger partial charge in [-0.1, -0.05) is 38.2 Å². The minimum Gasteiger partial charge on any atom is -0.397 e. The first-order valence-electron chi connectivity index (χ1n) is 10.2. The lowest BCUT2D eigenvalue weighted by Gasteiger charge is -2.21. The Kier molecular flexibility index (Phi) is 6.83. The van der Waals surface area contributed by atoms with Gasteiger partial charge in [-0.2, -0.15) is 0 Å². The molecule has 2 aliphatic rings. The predicted octanol–water partition coefficient (Wildman–Crippen LogP) is 4.50. The molecule has 1 heterocycles. The van der Waals surface area contributed by atoms with E-state index in [1.54, 1.807) is 0 Å². The monoisotopic (exact) mass is 329 g/mol. The van der Waals surface area contributed by atoms with Crippen LogP contribution < -0.4 is 16.0 Å². The fourth-order valence-electron chi connectivity index (χ4n) is 4.26. The zero-order valence-electron chi connectivity index (χ0n) is 15.2. The number of rotatable bonds is 6. The van der Waals surface area contributed by atoms with Crippen LogP contribution in [0, 0.1) is 0 Å². The van der Waals surface area contributed by atoms with E-state index >= 15 is 0 Å². The summed E-state index contributed by atoms with van der Waals surface area (Å²) in [5.41, 5.74) is 9.88. The molecule has 2 fully saturated rings. The average molecular weight is 330 g/mol. The Morgan fingerprint density at radius 2 is 1.67 bits per heavy atom. The number of hydrogen-bond acceptors (Lipinski definition) is 3. The molecule has 3 rings (SSSR count). The number of aryl methyl sites for hydroxylation is 1. The molecule has 1 aromatic rings. The van der Waals surface area contributed by atoms with E-state index in [4.69, 9.17) is 5.73 Å². The third-order valence-corrected chi connectivity index (χ3v) is 5.72. The van der Waals surface area contributed by atoms with E-state index in [-0.39, 0.29) is 0 Å². The molecule has 0 atom stereocenters. The van der Waals surface area contributed by atoms with Crippen LogP contribution in [0.25, 0.3) is 0 Å². The van der Waals surface area contributed by atoms with Crippen molar-refractivity contribution >= 4 is 11.4 Å². The first-order valence-corrected chi connectivity index (χ1v) is 10.2. The fourth-order valence-corrected chi connectivity index (χ4v) is 4.26. The Balaban J connectivity index is 1.40. The van der Waals surface area contributed by atoms with Crippen molar-refractivity contribution in [1.82, 2.24) is 5.32 Å². The Morgan fingerprint density at radius 1 is 0.958 bits per heavy atom. The van der Waals surface area contributed by atoms with Gasteiger partial charge in [-0.05, 0) is 62.8 Å². The third-order valence-electron chi connectivity index (χ3n) is 5.72. The molecule has 0 amide bonds. The van der Waals surface area contributed by atoms with Crippen molar-refractivity contribution in [1.29, 1.82) is 0 Å². The Hall–Kier alpha value is -1.22. The quantitative estimate of drug-likeness (QED) is 0.596. The summed E-state index contributed by atoms with van der Waals surface area (Å²) in [4.78, 5) is 2.43. The smallest absolute Gasteiger partial charge is 0.0600 e. The van der Waals surface area contributed by atoms with Crippen molar-refractivity contribution < 1.29 is 0 Å². The van der Waals surface area contributed by atoms with Crippen LogP contribution in [-0.4, -0.2) is 25.7 Å². The maximum atomic E-state index is 6.30. The van der Waals surface area contributed by atoms with Crippen molar-refractivity contribution in [2.45, 2.75) is 76.7 Å². The highest BCUT2D eigenvalue weighted by Crippen LogP contribution is 2.28. The summed E-state index contributed by atoms with van der Waals surface area (Å²) < 4.78 is 0. The lowest BCUT2D eigenvalue weighted by molar-refractivity contribution is 0.388. The Bertz CT molecular complexity index is 486. The summed E-state index contributed by atoms with van der Waals surface area (Å²) in [6.45, 7) is 3.46. The molecule has 0 aromatic heterocycles. The zero-order valence-corrected chi connectivity index (χ0v) is 15.2. The molecule has 1 aliphatic heterocycles. The van der Waals surface area contributed by atoms with Gasteiger partial charge in [0.2, 0.25) is 0 Å². The second-order valence-corrected chi connectivity index (χ2v) is 7.69. The molecular weight excluding hydrogens is 294 g/mol. The lowest BCUT2D eigenvalue weighted by Crippen LogP contribution is -2.30. The van der Waals surface area contributed by atoms with Gasteiger partial charge in [-0.25, -0.2) is 0 Å². The van der Waals surface area contributed by atoms with Crippen LogP contribution in [0.4, 0.5) is 11.4 Å². The maximum Gasteiger partial charge on any atom is 0.0600 e. The van der Waals surface area contributed by atoms with Gasteiger partial charge in [0, 0.05) is 19.1 Å². The summed E-state index contributed by atoms with van der Waals surface area (Å²) >= 11 is 0. The van der Waals surface area contributed by atoms with E-state index in [0.717, 1.165) is 37.8 Å². The fraction of sp³-hybridized carbons (Fsp3) is 0.714. The summed E-state index contributed by atoms with van der Waals surface area (Å²) in [5.74, 6) is 0. The van der Waals surface area contributed by atoms with Gasteiger partial charge in [0.25, 0.3) is 0 Å². The van der Waals surface area contributed by atoms with Gasteiger partial charge in [-0.3, -0.25) is 0 Å². The summed E-state index contributed by atoms with van der Waals surface area (Å²) in [7, 11) is 0. The lowest BCUT2D eigenvalue weighted by atomic mass is 9.96. The number of anilines is 2. The van der Waals surface area contributed by atoms with Gasteiger partial charge in [0.1, 0.15) is 0 Å². The van der Waals surface area contributed by atoms with E-state index in [1.165, 1.54) is 75.5 Å². The van der Waals surface area contributed by atoms with Gasteiger partial charge < -0.3 is 16.0 Å². The van der Waals surface area contributed by atoms with Crippen LogP contribution in [0.5, 0.6) is 0 Å². The number of benzene rings is 1. The van der Waals surface area contributed by atoms with Crippen LogP contribution in [0.15, 0.2) is 18.2 Å². The topological polar surface area (TPSA) is 41.3 Å². The normalized spacial score (nSPS) is 20.1. The van der Waals surface area contributed by atoms with Crippen molar-refractivity contribution in [2.75, 3.05) is 30.3 Å². The second kappa shape index (κ2) is 9.31. The van der Waals surface area contributed by atoms with Crippen LogP contribution in [0.1, 0.15) is 69.8 Å². The van der Waals surface area contributed by atoms with Crippen molar-refractivity contribution in [3.8, 4) is 0 Å². The van der Waals surface area contributed by atoms with Crippen molar-refractivity contribution in [2.24, 2.45) is 0 Å². The van der Waals surface area contributed by atoms with E-state index < -0.39 is 0 Å². The number of nitrogen functional groups attached to an aromatic ring is 1. The molecule has 0 bridgehead atoms. The van der Waals surface area contributed by atoms with Crippen LogP contribution in [0.2, 0.25) is 0 Å². The largest absolute Gasteiger partial charge is 0.397 e. The highest BCUT2D eigenvalue weighted by atomic mass is 15.1. The zero-order chi connectivity index (χ0) is 16.6. The molecule has 134 valence electrons. The van der Waals surface area contributed by atoms with E-state index in [2.05, 4.69) is 28.4 Å². The average Bonchev–Trinajstić information content (AvgIpc) is 3.07. The Morgan fingerprint density at radius 3 is 2.38 bits per heavy atom. The summed E-state index contributed by atoms with van der Waals surface area (Å²) in [6, 6.07) is 7.47. The summed E-state index contributed by atoms with van der Waals surface area (Å²) in [6.07, 6.45) is 14.8. The molecular formula is C21H35N3. The van der Waals surface area contributed by atoms with Gasteiger partial charge >= 0.3 is 0 Å². The minimum absolute atomic E-state index is 0.757. The minimum atomic E-state index is 0.757. The molecule has 0 spiro atoms. The molecule has 0 radical (unpaired) electrons. The summed E-state index contributed by atoms with van der Waals surface area (Å²) in [5, 5.41) is 3.79. The molecule has 1 aromatic carbocycles. The van der Waals surface area contributed by atoms with Crippen LogP contribution in [0.3, 0.4) is 0 Å². The van der Waals surface area contributed by atoms with Gasteiger partial charge in [-0.15, -0.1) is 0 Å². The molecule has 1 aliphatic carbocycles. The highest BCUT2D eigenvalue weighted by Gasteiger charge is 2.15. The SMILES string of the molecule is Nc1cc(CCCNC2CCCCCCC2)ccc1N1CCCC1. The Labute approximate surface area is 148 Å². The van der Waals surface area contributed by atoms with Crippen molar-refractivity contribution in [3.05, 3.63) is 23.8 Å². The van der Waals surface area contributed by atoms with Gasteiger partial charge in [0.05, 0.1) is 11.4 Å². The predicted molar refractivity (Wildman–Crippen MR) is 105 cm³/mol. The number of nitrogens with zero attached hydrogens (tertiary/aromatic N) is 1. The molecule has 3 heteroatoms. The number of nitrogens with one attached hydrogen (secondary N) is 1. The highest BCUT2D eigenvalue weighted by molar-refractivity contribution is 5.68. The molecule has 24 heavy (non-hydrogen) atoms. The van der Waals surface area contributed by atoms with Crippen LogP contribution >= 0.6 is 0 Å². The maximum absolute atomic E-state index is 6.30. The number of hydrogen-bond donors (Lipinski definition) is 2. The standard InChI is InChI=1S/C21H35N3/c22-20-17-18(12-13-21(20)24-15-6-7-16-24)9-8-14-23-19-10-4-2-1-3-5-11-19/h12-13,17,19,23H,1-11,14-16,22H2. The molecule has 1 saturated carbocycles. The molecule has 3 N–H and O–H groups in total. The second-order valence-electron chi connectivity index (χ2n) is 7.69. The van der Waals surface area contributed by atoms with E-state index in [9.17, 15) is 0 Å². The van der Waals surface area contributed by atoms with E-state index in [1.807, 2.05) is 0 Å². The molecule has 1 saturated heterocycles. The first-order chi connectivity index (χ1) is 11.8. The van der Waals surface area contributed by atoms with E-state index in [0.29, 0.717) is 0 Å². The third kappa shape index (κ3) is 5.14.